The molecular formula is C4H6BrF5O2S. The Morgan fingerprint density at radius 2 is 1.77 bits per heavy atom. The Balaban J connectivity index is 4.39. The first-order valence-electron chi connectivity index (χ1n) is 2.83. The van der Waals surface area contributed by atoms with Gasteiger partial charge >= 0.3 is 5.97 Å². The van der Waals surface area contributed by atoms with E-state index >= 15 is 0 Å². The normalized spacial score (nSPS) is 19.9. The second kappa shape index (κ2) is 2.72. The van der Waals surface area contributed by atoms with Crippen LogP contribution in [0, 0.1) is 0 Å². The SMILES string of the molecule is CC(=O)OC(Br)CS(F)(F)(F)(F)F. The summed E-state index contributed by atoms with van der Waals surface area (Å²) in [6.07, 6.45) is 0. The highest BCUT2D eigenvalue weighted by Crippen LogP contribution is 2.98. The number of carbonyl (C=O) groups is 1. The molecule has 0 aliphatic carbocycles. The Morgan fingerprint density at radius 1 is 1.38 bits per heavy atom. The van der Waals surface area contributed by atoms with Gasteiger partial charge in [0.25, 0.3) is 10.2 Å². The van der Waals surface area contributed by atoms with Crippen molar-refractivity contribution in [2.45, 2.75) is 11.9 Å². The lowest BCUT2D eigenvalue weighted by molar-refractivity contribution is -0.141. The van der Waals surface area contributed by atoms with Crippen LogP contribution in [0.2, 0.25) is 0 Å². The van der Waals surface area contributed by atoms with E-state index in [1.54, 1.807) is 0 Å². The molecule has 0 amide bonds. The minimum Gasteiger partial charge on any atom is -0.450 e. The number of carbonyl (C=O) groups excluding carboxylic acids is 1. The fourth-order valence-corrected chi connectivity index (χ4v) is 2.79. The third-order valence-electron chi connectivity index (χ3n) is 0.740. The van der Waals surface area contributed by atoms with Gasteiger partial charge in [-0.15, -0.1) is 0 Å². The van der Waals surface area contributed by atoms with E-state index in [2.05, 4.69) is 20.7 Å². The molecule has 0 aromatic heterocycles. The van der Waals surface area contributed by atoms with Gasteiger partial charge in [0.1, 0.15) is 5.75 Å². The maximum atomic E-state index is 11.7. The van der Waals surface area contributed by atoms with Gasteiger partial charge in [-0.25, -0.2) is 0 Å². The van der Waals surface area contributed by atoms with Crippen molar-refractivity contribution in [3.8, 4) is 0 Å². The standard InChI is InChI=1S/C4H6BrF5O2S/c1-3(11)12-4(5)2-13(6,7,8,9)10/h4H,2H2,1H3. The van der Waals surface area contributed by atoms with Crippen molar-refractivity contribution in [2.24, 2.45) is 0 Å². The summed E-state index contributed by atoms with van der Waals surface area (Å²) >= 11 is 2.17. The average Bonchev–Trinajstić information content (AvgIpc) is 1.48. The van der Waals surface area contributed by atoms with Crippen LogP contribution in [-0.2, 0) is 9.53 Å². The fourth-order valence-electron chi connectivity index (χ4n) is 0.462. The summed E-state index contributed by atoms with van der Waals surface area (Å²) in [5.74, 6) is -3.52. The number of hydrogen-bond acceptors (Lipinski definition) is 2. The van der Waals surface area contributed by atoms with Crippen LogP contribution in [0.25, 0.3) is 0 Å². The Kier molecular flexibility index (Phi) is 2.71. The molecular weight excluding hydrogens is 287 g/mol. The Morgan fingerprint density at radius 3 is 2.00 bits per heavy atom. The van der Waals surface area contributed by atoms with E-state index in [0.717, 1.165) is 6.92 Å². The summed E-state index contributed by atoms with van der Waals surface area (Å²) < 4.78 is 62.3. The minimum absolute atomic E-state index is 0.819. The molecule has 0 heterocycles. The molecule has 0 aliphatic rings. The maximum absolute atomic E-state index is 11.7. The van der Waals surface area contributed by atoms with Crippen LogP contribution < -0.4 is 0 Å². The number of ether oxygens (including phenoxy) is 1. The fraction of sp³-hybridized carbons (Fsp3) is 0.750. The van der Waals surface area contributed by atoms with Crippen LogP contribution in [0.1, 0.15) is 6.92 Å². The quantitative estimate of drug-likeness (QED) is 0.452. The molecule has 0 saturated heterocycles. The highest BCUT2D eigenvalue weighted by Gasteiger charge is 2.64. The molecule has 0 fully saturated rings. The van der Waals surface area contributed by atoms with E-state index in [4.69, 9.17) is 0 Å². The van der Waals surface area contributed by atoms with Crippen molar-refractivity contribution in [1.29, 1.82) is 0 Å². The zero-order valence-electron chi connectivity index (χ0n) is 6.28. The third-order valence-corrected chi connectivity index (χ3v) is 2.61. The molecule has 0 aromatic carbocycles. The smallest absolute Gasteiger partial charge is 0.303 e. The lowest BCUT2D eigenvalue weighted by Gasteiger charge is -2.41. The molecule has 0 bridgehead atoms. The summed E-state index contributed by atoms with van der Waals surface area (Å²) in [6, 6.07) is 0. The van der Waals surface area contributed by atoms with E-state index in [1.807, 2.05) is 0 Å². The summed E-state index contributed by atoms with van der Waals surface area (Å²) in [6.45, 7) is 0.819. The highest BCUT2D eigenvalue weighted by atomic mass is 79.9. The van der Waals surface area contributed by atoms with Gasteiger partial charge < -0.3 is 4.74 Å². The lowest BCUT2D eigenvalue weighted by atomic mass is 10.8. The average molecular weight is 293 g/mol. The van der Waals surface area contributed by atoms with Crippen molar-refractivity contribution in [1.82, 2.24) is 0 Å². The second-order valence-corrected chi connectivity index (χ2v) is 5.93. The molecule has 0 aromatic rings. The summed E-state index contributed by atoms with van der Waals surface area (Å²) in [4.78, 5) is 10.1. The molecule has 9 heteroatoms. The monoisotopic (exact) mass is 292 g/mol. The molecule has 13 heavy (non-hydrogen) atoms. The topological polar surface area (TPSA) is 26.3 Å². The molecule has 1 unspecified atom stereocenters. The number of halogens is 6. The zero-order chi connectivity index (χ0) is 11.0. The second-order valence-electron chi connectivity index (χ2n) is 2.31. The number of rotatable bonds is 3. The van der Waals surface area contributed by atoms with Crippen LogP contribution >= 0.6 is 26.2 Å². The Bertz CT molecular complexity index is 222. The molecule has 82 valence electrons. The third kappa shape index (κ3) is 9.87. The Hall–Kier alpha value is -0.0500. The van der Waals surface area contributed by atoms with Crippen LogP contribution in [0.5, 0.6) is 0 Å². The summed E-state index contributed by atoms with van der Waals surface area (Å²) in [7, 11) is -9.50. The number of hydrogen-bond donors (Lipinski definition) is 0. The van der Waals surface area contributed by atoms with Crippen LogP contribution in [-0.4, -0.2) is 16.7 Å². The predicted molar refractivity (Wildman–Crippen MR) is 42.5 cm³/mol. The summed E-state index contributed by atoms with van der Waals surface area (Å²) in [5.41, 5.74) is 0. The van der Waals surface area contributed by atoms with Crippen molar-refractivity contribution in [2.75, 3.05) is 5.75 Å². The van der Waals surface area contributed by atoms with E-state index in [1.165, 1.54) is 0 Å². The van der Waals surface area contributed by atoms with Gasteiger partial charge in [0.05, 0.1) is 0 Å². The van der Waals surface area contributed by atoms with Crippen LogP contribution in [0.15, 0.2) is 0 Å². The molecule has 0 spiro atoms. The Labute approximate surface area is 79.3 Å². The largest absolute Gasteiger partial charge is 0.450 e. The van der Waals surface area contributed by atoms with Crippen LogP contribution in [0.4, 0.5) is 19.4 Å². The molecule has 0 saturated carbocycles. The van der Waals surface area contributed by atoms with Crippen LogP contribution in [0.3, 0.4) is 0 Å². The highest BCUT2D eigenvalue weighted by molar-refractivity contribution is 9.09. The van der Waals surface area contributed by atoms with E-state index in [9.17, 15) is 24.2 Å². The van der Waals surface area contributed by atoms with Gasteiger partial charge in [-0.2, -0.15) is 0 Å². The van der Waals surface area contributed by atoms with Gasteiger partial charge in [0.15, 0.2) is 5.01 Å². The molecule has 0 aliphatic heterocycles. The molecule has 2 nitrogen and oxygen atoms in total. The van der Waals surface area contributed by atoms with Gasteiger partial charge in [-0.3, -0.25) is 4.79 Å². The lowest BCUT2D eigenvalue weighted by Crippen LogP contribution is -2.23. The minimum atomic E-state index is -9.50. The van der Waals surface area contributed by atoms with Gasteiger partial charge in [-0.05, 0) is 15.9 Å². The predicted octanol–water partition coefficient (Wildman–Crippen LogP) is 3.57. The van der Waals surface area contributed by atoms with Crippen molar-refractivity contribution in [3.63, 3.8) is 0 Å². The van der Waals surface area contributed by atoms with Gasteiger partial charge in [0.2, 0.25) is 0 Å². The molecule has 0 rings (SSSR count). The first-order chi connectivity index (χ1) is 5.29. The van der Waals surface area contributed by atoms with Crippen molar-refractivity contribution in [3.05, 3.63) is 0 Å². The van der Waals surface area contributed by atoms with E-state index < -0.39 is 27.0 Å². The number of esters is 1. The molecule has 1 atom stereocenters. The van der Waals surface area contributed by atoms with Crippen molar-refractivity contribution >= 4 is 32.1 Å². The van der Waals surface area contributed by atoms with Gasteiger partial charge in [-0.1, -0.05) is 19.4 Å². The number of alkyl halides is 1. The van der Waals surface area contributed by atoms with E-state index in [-0.39, 0.29) is 0 Å². The van der Waals surface area contributed by atoms with E-state index in [0.29, 0.717) is 0 Å². The van der Waals surface area contributed by atoms with Crippen molar-refractivity contribution < 1.29 is 29.0 Å². The molecule has 0 radical (unpaired) electrons. The first-order valence-corrected chi connectivity index (χ1v) is 5.87. The summed E-state index contributed by atoms with van der Waals surface area (Å²) in [5, 5.41) is -2.04. The first kappa shape index (κ1) is 12.9. The zero-order valence-corrected chi connectivity index (χ0v) is 8.68. The maximum Gasteiger partial charge on any atom is 0.303 e. The molecule has 0 N–H and O–H groups in total. The van der Waals surface area contributed by atoms with Gasteiger partial charge in [0, 0.05) is 6.92 Å².